The Morgan fingerprint density at radius 2 is 1.75 bits per heavy atom. The van der Waals surface area contributed by atoms with Crippen LogP contribution < -0.4 is 11.5 Å². The topological polar surface area (TPSA) is 86.2 Å². The standard InChI is InChI=1S/C8H16N2O2/c1-3-4-6(8(10)12)5(2)7(9)11/h5-6H,3-4H2,1-2H3,(H2,9,11)(H2,10,12)/t5-,6+/m0/s1. The Hall–Kier alpha value is -1.06. The van der Waals surface area contributed by atoms with Crippen molar-refractivity contribution in [3.8, 4) is 0 Å². The van der Waals surface area contributed by atoms with Crippen LogP contribution in [0.2, 0.25) is 0 Å². The first-order valence-electron chi connectivity index (χ1n) is 4.09. The summed E-state index contributed by atoms with van der Waals surface area (Å²) >= 11 is 0. The van der Waals surface area contributed by atoms with Gasteiger partial charge in [0.15, 0.2) is 0 Å². The number of carbonyl (C=O) groups is 2. The molecular weight excluding hydrogens is 156 g/mol. The van der Waals surface area contributed by atoms with Crippen LogP contribution in [0.25, 0.3) is 0 Å². The highest BCUT2D eigenvalue weighted by Crippen LogP contribution is 2.16. The van der Waals surface area contributed by atoms with Crippen molar-refractivity contribution < 1.29 is 9.59 Å². The van der Waals surface area contributed by atoms with E-state index in [1.807, 2.05) is 6.92 Å². The number of primary amides is 2. The fourth-order valence-corrected chi connectivity index (χ4v) is 1.15. The van der Waals surface area contributed by atoms with Gasteiger partial charge in [0.05, 0.1) is 0 Å². The zero-order valence-corrected chi connectivity index (χ0v) is 7.54. The predicted molar refractivity (Wildman–Crippen MR) is 46.0 cm³/mol. The molecule has 4 N–H and O–H groups in total. The van der Waals surface area contributed by atoms with E-state index in [4.69, 9.17) is 11.5 Å². The summed E-state index contributed by atoms with van der Waals surface area (Å²) in [7, 11) is 0. The molecule has 0 spiro atoms. The van der Waals surface area contributed by atoms with Crippen LogP contribution in [-0.4, -0.2) is 11.8 Å². The van der Waals surface area contributed by atoms with Gasteiger partial charge in [-0.15, -0.1) is 0 Å². The van der Waals surface area contributed by atoms with E-state index in [1.165, 1.54) is 0 Å². The van der Waals surface area contributed by atoms with Crippen LogP contribution in [0.5, 0.6) is 0 Å². The molecule has 0 aliphatic heterocycles. The van der Waals surface area contributed by atoms with Gasteiger partial charge in [-0.1, -0.05) is 20.3 Å². The Bertz CT molecular complexity index is 180. The van der Waals surface area contributed by atoms with Gasteiger partial charge in [0.2, 0.25) is 11.8 Å². The molecule has 0 bridgehead atoms. The minimum Gasteiger partial charge on any atom is -0.369 e. The van der Waals surface area contributed by atoms with Crippen molar-refractivity contribution in [1.29, 1.82) is 0 Å². The molecule has 0 aromatic carbocycles. The van der Waals surface area contributed by atoms with Crippen molar-refractivity contribution in [1.82, 2.24) is 0 Å². The van der Waals surface area contributed by atoms with E-state index in [2.05, 4.69) is 0 Å². The van der Waals surface area contributed by atoms with E-state index in [0.717, 1.165) is 6.42 Å². The summed E-state index contributed by atoms with van der Waals surface area (Å²) in [5.41, 5.74) is 10.2. The van der Waals surface area contributed by atoms with Crippen molar-refractivity contribution in [2.75, 3.05) is 0 Å². The smallest absolute Gasteiger partial charge is 0.221 e. The maximum Gasteiger partial charge on any atom is 0.221 e. The highest BCUT2D eigenvalue weighted by atomic mass is 16.2. The first-order valence-corrected chi connectivity index (χ1v) is 4.09. The van der Waals surface area contributed by atoms with Crippen LogP contribution in [0.4, 0.5) is 0 Å². The van der Waals surface area contributed by atoms with Gasteiger partial charge in [0.1, 0.15) is 0 Å². The molecular formula is C8H16N2O2. The van der Waals surface area contributed by atoms with Gasteiger partial charge in [-0.2, -0.15) is 0 Å². The van der Waals surface area contributed by atoms with Crippen molar-refractivity contribution in [3.63, 3.8) is 0 Å². The SMILES string of the molecule is CCC[C@@H](C(N)=O)[C@H](C)C(N)=O. The quantitative estimate of drug-likeness (QED) is 0.612. The predicted octanol–water partition coefficient (Wildman–Crippen LogP) is 0.00940. The zero-order chi connectivity index (χ0) is 9.72. The maximum atomic E-state index is 10.8. The minimum atomic E-state index is -0.466. The molecule has 0 aromatic rings. The summed E-state index contributed by atoms with van der Waals surface area (Å²) in [6.07, 6.45) is 1.45. The van der Waals surface area contributed by atoms with Crippen LogP contribution in [0, 0.1) is 11.8 Å². The van der Waals surface area contributed by atoms with E-state index in [1.54, 1.807) is 6.92 Å². The second-order valence-electron chi connectivity index (χ2n) is 2.99. The molecule has 0 radical (unpaired) electrons. The highest BCUT2D eigenvalue weighted by Gasteiger charge is 2.25. The average Bonchev–Trinajstić information content (AvgIpc) is 1.98. The molecule has 2 atom stereocenters. The third-order valence-corrected chi connectivity index (χ3v) is 2.02. The van der Waals surface area contributed by atoms with Crippen LogP contribution in [0.3, 0.4) is 0 Å². The Labute approximate surface area is 72.3 Å². The molecule has 0 unspecified atom stereocenters. The molecule has 12 heavy (non-hydrogen) atoms. The van der Waals surface area contributed by atoms with E-state index in [0.29, 0.717) is 6.42 Å². The molecule has 0 aliphatic carbocycles. The van der Waals surface area contributed by atoms with Crippen molar-refractivity contribution in [2.45, 2.75) is 26.7 Å². The lowest BCUT2D eigenvalue weighted by Gasteiger charge is -2.16. The van der Waals surface area contributed by atoms with Crippen LogP contribution in [0.15, 0.2) is 0 Å². The van der Waals surface area contributed by atoms with Crippen molar-refractivity contribution in [3.05, 3.63) is 0 Å². The summed E-state index contributed by atoms with van der Waals surface area (Å²) in [6, 6.07) is 0. The van der Waals surface area contributed by atoms with E-state index < -0.39 is 23.7 Å². The van der Waals surface area contributed by atoms with Crippen molar-refractivity contribution in [2.24, 2.45) is 23.3 Å². The molecule has 0 rings (SSSR count). The van der Waals surface area contributed by atoms with Gasteiger partial charge >= 0.3 is 0 Å². The second kappa shape index (κ2) is 4.74. The van der Waals surface area contributed by atoms with Crippen molar-refractivity contribution >= 4 is 11.8 Å². The minimum absolute atomic E-state index is 0.410. The van der Waals surface area contributed by atoms with E-state index in [9.17, 15) is 9.59 Å². The third kappa shape index (κ3) is 2.90. The van der Waals surface area contributed by atoms with Gasteiger partial charge in [0.25, 0.3) is 0 Å². The average molecular weight is 172 g/mol. The Morgan fingerprint density at radius 1 is 1.25 bits per heavy atom. The van der Waals surface area contributed by atoms with Gasteiger partial charge in [0, 0.05) is 11.8 Å². The number of nitrogens with two attached hydrogens (primary N) is 2. The van der Waals surface area contributed by atoms with Gasteiger partial charge in [-0.05, 0) is 6.42 Å². The maximum absolute atomic E-state index is 10.8. The lowest BCUT2D eigenvalue weighted by molar-refractivity contribution is -0.131. The number of rotatable bonds is 5. The number of amides is 2. The van der Waals surface area contributed by atoms with E-state index in [-0.39, 0.29) is 0 Å². The molecule has 4 nitrogen and oxygen atoms in total. The lowest BCUT2D eigenvalue weighted by Crippen LogP contribution is -2.35. The highest BCUT2D eigenvalue weighted by molar-refractivity contribution is 5.85. The number of carbonyl (C=O) groups excluding carboxylic acids is 2. The molecule has 2 amide bonds. The molecule has 0 aromatic heterocycles. The van der Waals surface area contributed by atoms with Gasteiger partial charge < -0.3 is 11.5 Å². The molecule has 0 fully saturated rings. The largest absolute Gasteiger partial charge is 0.369 e. The first-order chi connectivity index (χ1) is 5.50. The van der Waals surface area contributed by atoms with Crippen LogP contribution in [0.1, 0.15) is 26.7 Å². The monoisotopic (exact) mass is 172 g/mol. The summed E-state index contributed by atoms with van der Waals surface area (Å²) in [6.45, 7) is 3.57. The van der Waals surface area contributed by atoms with Gasteiger partial charge in [-0.3, -0.25) is 9.59 Å². The van der Waals surface area contributed by atoms with Crippen LogP contribution in [-0.2, 0) is 9.59 Å². The summed E-state index contributed by atoms with van der Waals surface area (Å²) < 4.78 is 0. The summed E-state index contributed by atoms with van der Waals surface area (Å²) in [5.74, 6) is -1.77. The fraction of sp³-hybridized carbons (Fsp3) is 0.750. The number of hydrogen-bond acceptors (Lipinski definition) is 2. The lowest BCUT2D eigenvalue weighted by atomic mass is 9.89. The normalized spacial score (nSPS) is 15.2. The Morgan fingerprint density at radius 3 is 2.00 bits per heavy atom. The van der Waals surface area contributed by atoms with Gasteiger partial charge in [-0.25, -0.2) is 0 Å². The van der Waals surface area contributed by atoms with E-state index >= 15 is 0 Å². The molecule has 70 valence electrons. The molecule has 0 saturated heterocycles. The zero-order valence-electron chi connectivity index (χ0n) is 7.54. The molecule has 0 heterocycles. The molecule has 0 aliphatic rings. The molecule has 4 heteroatoms. The number of hydrogen-bond donors (Lipinski definition) is 2. The fourth-order valence-electron chi connectivity index (χ4n) is 1.15. The summed E-state index contributed by atoms with van der Waals surface area (Å²) in [5, 5.41) is 0. The Kier molecular flexibility index (Phi) is 4.33. The Balaban J connectivity index is 4.28. The second-order valence-corrected chi connectivity index (χ2v) is 2.99. The molecule has 0 saturated carbocycles. The summed E-state index contributed by atoms with van der Waals surface area (Å²) in [4.78, 5) is 21.6. The third-order valence-electron chi connectivity index (χ3n) is 2.02. The first kappa shape index (κ1) is 10.9. The van der Waals surface area contributed by atoms with Crippen LogP contribution >= 0.6 is 0 Å².